The molecular weight excluding hydrogens is 478 g/mol. The molecule has 1 rings (SSSR count). The normalized spacial score (nSPS) is 14.1. The number of hydrogen-bond acceptors (Lipinski definition) is 9. The number of aromatic hydroxyl groups is 1. The van der Waals surface area contributed by atoms with Gasteiger partial charge < -0.3 is 47.8 Å². The average molecular weight is 512 g/mol. The second-order valence-electron chi connectivity index (χ2n) is 8.06. The summed E-state index contributed by atoms with van der Waals surface area (Å²) in [6, 6.07) is 0.0939. The maximum atomic E-state index is 12.9. The molecule has 1 aromatic rings. The number of carboxylic acid groups (broad SMARTS) is 2. The first-order valence-corrected chi connectivity index (χ1v) is 11.2. The van der Waals surface area contributed by atoms with Crippen molar-refractivity contribution >= 4 is 29.7 Å². The van der Waals surface area contributed by atoms with Crippen LogP contribution in [-0.4, -0.2) is 87.4 Å². The maximum Gasteiger partial charge on any atom is 0.326 e. The number of unbranched alkanes of at least 4 members (excludes halogenated alkanes) is 1. The number of phenols is 1. The van der Waals surface area contributed by atoms with E-state index in [9.17, 15) is 34.2 Å². The minimum Gasteiger partial charge on any atom is -0.508 e. The highest BCUT2D eigenvalue weighted by Crippen LogP contribution is 2.12. The fourth-order valence-corrected chi connectivity index (χ4v) is 3.12. The molecule has 0 aliphatic carbocycles. The summed E-state index contributed by atoms with van der Waals surface area (Å²) < 4.78 is 0. The number of benzene rings is 1. The Labute approximate surface area is 207 Å². The van der Waals surface area contributed by atoms with Crippen LogP contribution < -0.4 is 27.4 Å². The van der Waals surface area contributed by atoms with Crippen LogP contribution in [0.25, 0.3) is 0 Å². The van der Waals surface area contributed by atoms with Crippen LogP contribution in [0.1, 0.15) is 31.2 Å². The van der Waals surface area contributed by atoms with Crippen LogP contribution >= 0.6 is 0 Å². The molecule has 0 saturated carbocycles. The zero-order chi connectivity index (χ0) is 27.3. The Morgan fingerprint density at radius 1 is 0.833 bits per heavy atom. The van der Waals surface area contributed by atoms with Gasteiger partial charge in [0.2, 0.25) is 17.7 Å². The third-order valence-electron chi connectivity index (χ3n) is 5.12. The predicted molar refractivity (Wildman–Crippen MR) is 125 cm³/mol. The van der Waals surface area contributed by atoms with Gasteiger partial charge in [0.05, 0.1) is 13.0 Å². The Morgan fingerprint density at radius 3 is 1.92 bits per heavy atom. The van der Waals surface area contributed by atoms with E-state index in [4.69, 9.17) is 21.7 Å². The average Bonchev–Trinajstić information content (AvgIpc) is 2.82. The van der Waals surface area contributed by atoms with Crippen molar-refractivity contribution in [1.29, 1.82) is 0 Å². The molecule has 0 bridgehead atoms. The minimum atomic E-state index is -1.61. The molecular formula is C22H33N5O9. The second-order valence-corrected chi connectivity index (χ2v) is 8.06. The van der Waals surface area contributed by atoms with E-state index in [1.807, 2.05) is 0 Å². The van der Waals surface area contributed by atoms with E-state index in [-0.39, 0.29) is 18.6 Å². The predicted octanol–water partition coefficient (Wildman–Crippen LogP) is -2.60. The van der Waals surface area contributed by atoms with Crippen LogP contribution in [0.4, 0.5) is 0 Å². The zero-order valence-electron chi connectivity index (χ0n) is 19.6. The van der Waals surface area contributed by atoms with Crippen LogP contribution in [0.2, 0.25) is 0 Å². The largest absolute Gasteiger partial charge is 0.508 e. The lowest BCUT2D eigenvalue weighted by atomic mass is 10.0. The number of aliphatic carboxylic acids is 2. The lowest BCUT2D eigenvalue weighted by molar-refractivity contribution is -0.143. The quantitative estimate of drug-likeness (QED) is 0.104. The summed E-state index contributed by atoms with van der Waals surface area (Å²) in [6.45, 7) is -0.438. The summed E-state index contributed by atoms with van der Waals surface area (Å²) in [6.07, 6.45) is 0.00329. The molecule has 14 heteroatoms. The molecule has 0 saturated heterocycles. The van der Waals surface area contributed by atoms with Crippen LogP contribution in [0.3, 0.4) is 0 Å². The molecule has 0 aromatic heterocycles. The topological polar surface area (TPSA) is 254 Å². The van der Waals surface area contributed by atoms with Gasteiger partial charge in [-0.3, -0.25) is 19.2 Å². The van der Waals surface area contributed by atoms with Crippen molar-refractivity contribution in [1.82, 2.24) is 16.0 Å². The highest BCUT2D eigenvalue weighted by atomic mass is 16.4. The molecule has 0 heterocycles. The Morgan fingerprint density at radius 2 is 1.39 bits per heavy atom. The Bertz CT molecular complexity index is 910. The SMILES string of the molecule is NCCCCC(NC(=O)C(CC(=O)O)NC(=O)C(N)CO)C(=O)NC(Cc1ccc(O)cc1)C(=O)O. The maximum absolute atomic E-state index is 12.9. The molecule has 0 spiro atoms. The summed E-state index contributed by atoms with van der Waals surface area (Å²) in [5, 5.41) is 43.9. The third kappa shape index (κ3) is 10.7. The number of nitrogens with one attached hydrogen (secondary N) is 3. The molecule has 0 aliphatic rings. The molecule has 0 fully saturated rings. The number of aliphatic hydroxyl groups is 1. The van der Waals surface area contributed by atoms with Gasteiger partial charge in [0.25, 0.3) is 0 Å². The van der Waals surface area contributed by atoms with Crippen molar-refractivity contribution in [2.75, 3.05) is 13.2 Å². The van der Waals surface area contributed by atoms with Gasteiger partial charge in [-0.25, -0.2) is 4.79 Å². The van der Waals surface area contributed by atoms with Gasteiger partial charge in [-0.15, -0.1) is 0 Å². The molecule has 3 amide bonds. The molecule has 4 unspecified atom stereocenters. The van der Waals surface area contributed by atoms with Crippen LogP contribution in [0.5, 0.6) is 5.75 Å². The molecule has 1 aromatic carbocycles. The van der Waals surface area contributed by atoms with E-state index in [2.05, 4.69) is 16.0 Å². The number of nitrogens with two attached hydrogens (primary N) is 2. The van der Waals surface area contributed by atoms with Gasteiger partial charge in [-0.05, 0) is 43.5 Å². The number of hydrogen-bond donors (Lipinski definition) is 9. The Hall–Kier alpha value is -3.75. The highest BCUT2D eigenvalue weighted by molar-refractivity contribution is 5.95. The van der Waals surface area contributed by atoms with Crippen LogP contribution in [0.15, 0.2) is 24.3 Å². The molecule has 14 nitrogen and oxygen atoms in total. The van der Waals surface area contributed by atoms with Crippen molar-refractivity contribution in [2.45, 2.75) is 56.3 Å². The fourth-order valence-electron chi connectivity index (χ4n) is 3.12. The minimum absolute atomic E-state index is 0.0136. The molecule has 36 heavy (non-hydrogen) atoms. The number of carboxylic acids is 2. The molecule has 0 radical (unpaired) electrons. The Kier molecular flexibility index (Phi) is 12.9. The van der Waals surface area contributed by atoms with E-state index < -0.39 is 66.9 Å². The van der Waals surface area contributed by atoms with Gasteiger partial charge in [-0.1, -0.05) is 12.1 Å². The van der Waals surface area contributed by atoms with Gasteiger partial charge in [-0.2, -0.15) is 0 Å². The summed E-state index contributed by atoms with van der Waals surface area (Å²) in [7, 11) is 0. The van der Waals surface area contributed by atoms with Crippen LogP contribution in [0, 0.1) is 0 Å². The molecule has 200 valence electrons. The van der Waals surface area contributed by atoms with Gasteiger partial charge >= 0.3 is 11.9 Å². The van der Waals surface area contributed by atoms with Gasteiger partial charge in [0.1, 0.15) is 29.9 Å². The van der Waals surface area contributed by atoms with Crippen molar-refractivity contribution in [3.8, 4) is 5.75 Å². The first-order chi connectivity index (χ1) is 17.0. The number of aliphatic hydroxyl groups excluding tert-OH is 1. The highest BCUT2D eigenvalue weighted by Gasteiger charge is 2.31. The van der Waals surface area contributed by atoms with E-state index in [0.717, 1.165) is 0 Å². The summed E-state index contributed by atoms with van der Waals surface area (Å²) in [4.78, 5) is 60.6. The summed E-state index contributed by atoms with van der Waals surface area (Å²) >= 11 is 0. The van der Waals surface area contributed by atoms with Crippen molar-refractivity contribution in [2.24, 2.45) is 11.5 Å². The first kappa shape index (κ1) is 30.3. The lowest BCUT2D eigenvalue weighted by Gasteiger charge is -2.24. The van der Waals surface area contributed by atoms with Crippen LogP contribution in [-0.2, 0) is 30.4 Å². The molecule has 11 N–H and O–H groups in total. The lowest BCUT2D eigenvalue weighted by Crippen LogP contribution is -2.58. The van der Waals surface area contributed by atoms with E-state index in [1.165, 1.54) is 24.3 Å². The van der Waals surface area contributed by atoms with Crippen molar-refractivity contribution in [3.63, 3.8) is 0 Å². The first-order valence-electron chi connectivity index (χ1n) is 11.2. The smallest absolute Gasteiger partial charge is 0.326 e. The third-order valence-corrected chi connectivity index (χ3v) is 5.12. The number of carbonyl (C=O) groups excluding carboxylic acids is 3. The summed E-state index contributed by atoms with van der Waals surface area (Å²) in [5.74, 6) is -5.58. The molecule has 0 aliphatic heterocycles. The monoisotopic (exact) mass is 511 g/mol. The molecule has 4 atom stereocenters. The van der Waals surface area contributed by atoms with E-state index in [0.29, 0.717) is 24.9 Å². The Balaban J connectivity index is 3.02. The van der Waals surface area contributed by atoms with E-state index in [1.54, 1.807) is 0 Å². The van der Waals surface area contributed by atoms with E-state index >= 15 is 0 Å². The number of phenolic OH excluding ortho intramolecular Hbond substituents is 1. The zero-order valence-corrected chi connectivity index (χ0v) is 19.6. The number of amides is 3. The van der Waals surface area contributed by atoms with Crippen molar-refractivity contribution in [3.05, 3.63) is 29.8 Å². The van der Waals surface area contributed by atoms with Crippen molar-refractivity contribution < 1.29 is 44.4 Å². The number of rotatable bonds is 16. The second kappa shape index (κ2) is 15.3. The summed E-state index contributed by atoms with van der Waals surface area (Å²) in [5.41, 5.74) is 11.4. The fraction of sp³-hybridized carbons (Fsp3) is 0.500. The van der Waals surface area contributed by atoms with Gasteiger partial charge in [0.15, 0.2) is 0 Å². The standard InChI is InChI=1S/C22H33N5O9/c23-8-2-1-3-15(25-21(34)16(10-18(30)31)26-19(32)14(24)11-28)20(33)27-17(22(35)36)9-12-4-6-13(29)7-5-12/h4-7,14-17,28-29H,1-3,8-11,23-24H2,(H,25,34)(H,26,32)(H,27,33)(H,30,31)(H,35,36). The number of carbonyl (C=O) groups is 5. The van der Waals surface area contributed by atoms with Gasteiger partial charge in [0, 0.05) is 6.42 Å².